The summed E-state index contributed by atoms with van der Waals surface area (Å²) in [6, 6.07) is 0. The molecule has 0 aromatic rings. The first-order valence-electron chi connectivity index (χ1n) is 3.11. The van der Waals surface area contributed by atoms with E-state index in [1.807, 2.05) is 5.92 Å². The molecular formula is C6H6F3O2P. The van der Waals surface area contributed by atoms with Crippen LogP contribution in [-0.4, -0.2) is 23.3 Å². The minimum Gasteiger partial charge on any atom is -0.350 e. The fourth-order valence-corrected chi connectivity index (χ4v) is 2.19. The van der Waals surface area contributed by atoms with Crippen molar-refractivity contribution in [2.45, 2.75) is 12.3 Å². The van der Waals surface area contributed by atoms with Crippen molar-refractivity contribution in [3.63, 3.8) is 0 Å². The van der Waals surface area contributed by atoms with Crippen molar-refractivity contribution in [3.8, 4) is 12.3 Å². The van der Waals surface area contributed by atoms with Crippen LogP contribution in [0.3, 0.4) is 0 Å². The molecule has 1 heterocycles. The first-order chi connectivity index (χ1) is 5.45. The van der Waals surface area contributed by atoms with Gasteiger partial charge in [0.2, 0.25) is 0 Å². The molecule has 0 amide bonds. The Kier molecular flexibility index (Phi) is 2.62. The molecule has 6 heteroatoms. The molecule has 1 rings (SSSR count). The molecule has 0 saturated carbocycles. The van der Waals surface area contributed by atoms with Gasteiger partial charge in [-0.1, -0.05) is 5.92 Å². The maximum atomic E-state index is 12.0. The molecule has 1 N–H and O–H groups in total. The average molecular weight is 198 g/mol. The topological polar surface area (TPSA) is 29.5 Å². The summed E-state index contributed by atoms with van der Waals surface area (Å²) in [7, 11) is -1.98. The van der Waals surface area contributed by atoms with Crippen LogP contribution in [0.1, 0.15) is 0 Å². The lowest BCUT2D eigenvalue weighted by Crippen LogP contribution is -2.33. The second-order valence-corrected chi connectivity index (χ2v) is 3.66. The summed E-state index contributed by atoms with van der Waals surface area (Å²) < 4.78 is 40.4. The number of alkyl halides is 3. The third kappa shape index (κ3) is 1.89. The lowest BCUT2D eigenvalue weighted by atomic mass is 10.1. The minimum absolute atomic E-state index is 0.0873. The molecule has 0 radical (unpaired) electrons. The molecule has 68 valence electrons. The van der Waals surface area contributed by atoms with E-state index in [1.165, 1.54) is 0 Å². The Morgan fingerprint density at radius 3 is 2.50 bits per heavy atom. The number of terminal acetylenes is 1. The predicted molar refractivity (Wildman–Crippen MR) is 37.3 cm³/mol. The van der Waals surface area contributed by atoms with Crippen molar-refractivity contribution in [1.29, 1.82) is 0 Å². The van der Waals surface area contributed by atoms with E-state index in [4.69, 9.17) is 11.3 Å². The fraction of sp³-hybridized carbons (Fsp3) is 0.667. The van der Waals surface area contributed by atoms with Gasteiger partial charge in [-0.15, -0.1) is 6.42 Å². The molecule has 3 atom stereocenters. The van der Waals surface area contributed by atoms with Gasteiger partial charge in [0.05, 0.1) is 5.92 Å². The van der Waals surface area contributed by atoms with Crippen LogP contribution in [0, 0.1) is 18.3 Å². The highest BCUT2D eigenvalue weighted by atomic mass is 31.2. The van der Waals surface area contributed by atoms with E-state index < -0.39 is 26.6 Å². The van der Waals surface area contributed by atoms with E-state index in [0.717, 1.165) is 0 Å². The molecule has 0 aromatic carbocycles. The van der Waals surface area contributed by atoms with E-state index in [1.54, 1.807) is 0 Å². The number of hydrogen-bond donors (Lipinski definition) is 1. The molecular weight excluding hydrogens is 192 g/mol. The zero-order valence-electron chi connectivity index (χ0n) is 5.88. The Bertz CT molecular complexity index is 210. The molecule has 0 bridgehead atoms. The summed E-state index contributed by atoms with van der Waals surface area (Å²) in [6.07, 6.45) is -1.70. The Labute approximate surface area is 68.6 Å². The third-order valence-electron chi connectivity index (χ3n) is 1.49. The molecule has 1 aliphatic heterocycles. The van der Waals surface area contributed by atoms with Crippen molar-refractivity contribution in [2.24, 2.45) is 5.92 Å². The molecule has 0 spiro atoms. The quantitative estimate of drug-likeness (QED) is 0.472. The summed E-state index contributed by atoms with van der Waals surface area (Å²) in [5, 5.41) is 0. The Morgan fingerprint density at radius 1 is 1.58 bits per heavy atom. The van der Waals surface area contributed by atoms with Gasteiger partial charge in [-0.25, -0.2) is 0 Å². The van der Waals surface area contributed by atoms with Crippen LogP contribution >= 0.6 is 8.38 Å². The number of hydrogen-bond acceptors (Lipinski definition) is 2. The van der Waals surface area contributed by atoms with Crippen molar-refractivity contribution in [1.82, 2.24) is 0 Å². The van der Waals surface area contributed by atoms with Crippen LogP contribution in [0.25, 0.3) is 0 Å². The van der Waals surface area contributed by atoms with Gasteiger partial charge in [0.15, 0.2) is 14.5 Å². The van der Waals surface area contributed by atoms with Crippen LogP contribution in [0.4, 0.5) is 13.2 Å². The van der Waals surface area contributed by atoms with Crippen molar-refractivity contribution >= 4 is 8.38 Å². The van der Waals surface area contributed by atoms with E-state index in [2.05, 4.69) is 4.52 Å². The fourth-order valence-electron chi connectivity index (χ4n) is 0.940. The SMILES string of the molecule is C#CC1CP(O)OC1C(F)(F)F. The van der Waals surface area contributed by atoms with Crippen LogP contribution in [0.5, 0.6) is 0 Å². The van der Waals surface area contributed by atoms with Crippen LogP contribution < -0.4 is 0 Å². The van der Waals surface area contributed by atoms with Gasteiger partial charge >= 0.3 is 6.18 Å². The van der Waals surface area contributed by atoms with Gasteiger partial charge in [-0.3, -0.25) is 0 Å². The number of halogens is 3. The first-order valence-corrected chi connectivity index (χ1v) is 4.51. The van der Waals surface area contributed by atoms with Gasteiger partial charge in [0.1, 0.15) is 0 Å². The highest BCUT2D eigenvalue weighted by Crippen LogP contribution is 2.49. The average Bonchev–Trinajstić information content (AvgIpc) is 2.29. The van der Waals surface area contributed by atoms with Crippen molar-refractivity contribution in [3.05, 3.63) is 0 Å². The van der Waals surface area contributed by atoms with Crippen LogP contribution in [0.2, 0.25) is 0 Å². The van der Waals surface area contributed by atoms with Crippen molar-refractivity contribution in [2.75, 3.05) is 6.16 Å². The predicted octanol–water partition coefficient (Wildman–Crippen LogP) is 1.50. The monoisotopic (exact) mass is 198 g/mol. The van der Waals surface area contributed by atoms with Gasteiger partial charge in [0, 0.05) is 6.16 Å². The molecule has 2 nitrogen and oxygen atoms in total. The third-order valence-corrected chi connectivity index (χ3v) is 2.67. The molecule has 3 unspecified atom stereocenters. The van der Waals surface area contributed by atoms with E-state index in [-0.39, 0.29) is 6.16 Å². The first kappa shape index (κ1) is 9.79. The van der Waals surface area contributed by atoms with Crippen LogP contribution in [-0.2, 0) is 4.52 Å². The Hall–Kier alpha value is -0.300. The highest BCUT2D eigenvalue weighted by molar-refractivity contribution is 7.46. The summed E-state index contributed by atoms with van der Waals surface area (Å²) in [6.45, 7) is 0. The maximum absolute atomic E-state index is 12.0. The standard InChI is InChI=1S/C6H6F3O2P/c1-2-4-3-12(10)11-5(4)6(7,8)9/h1,4-5,10H,3H2. The minimum atomic E-state index is -4.48. The second-order valence-electron chi connectivity index (χ2n) is 2.38. The highest BCUT2D eigenvalue weighted by Gasteiger charge is 2.51. The normalized spacial score (nSPS) is 36.4. The van der Waals surface area contributed by atoms with Gasteiger partial charge < -0.3 is 9.42 Å². The molecule has 0 aliphatic carbocycles. The zero-order chi connectivity index (χ0) is 9.35. The number of rotatable bonds is 0. The summed E-state index contributed by atoms with van der Waals surface area (Å²) in [5.41, 5.74) is 0. The van der Waals surface area contributed by atoms with E-state index >= 15 is 0 Å². The van der Waals surface area contributed by atoms with Gasteiger partial charge in [0.25, 0.3) is 0 Å². The largest absolute Gasteiger partial charge is 0.416 e. The molecule has 1 aliphatic rings. The lowest BCUT2D eigenvalue weighted by Gasteiger charge is -2.16. The van der Waals surface area contributed by atoms with Gasteiger partial charge in [-0.05, 0) is 0 Å². The lowest BCUT2D eigenvalue weighted by molar-refractivity contribution is -0.196. The van der Waals surface area contributed by atoms with Gasteiger partial charge in [-0.2, -0.15) is 13.2 Å². The molecule has 0 aromatic heterocycles. The summed E-state index contributed by atoms with van der Waals surface area (Å²) in [5.74, 6) is 0.922. The maximum Gasteiger partial charge on any atom is 0.416 e. The molecule has 1 saturated heterocycles. The Balaban J connectivity index is 2.72. The smallest absolute Gasteiger partial charge is 0.350 e. The van der Waals surface area contributed by atoms with E-state index in [9.17, 15) is 13.2 Å². The summed E-state index contributed by atoms with van der Waals surface area (Å²) in [4.78, 5) is 8.81. The van der Waals surface area contributed by atoms with Crippen LogP contribution in [0.15, 0.2) is 0 Å². The van der Waals surface area contributed by atoms with Crippen molar-refractivity contribution < 1.29 is 22.6 Å². The molecule has 12 heavy (non-hydrogen) atoms. The second kappa shape index (κ2) is 3.21. The zero-order valence-corrected chi connectivity index (χ0v) is 6.77. The Morgan fingerprint density at radius 2 is 2.17 bits per heavy atom. The molecule has 1 fully saturated rings. The van der Waals surface area contributed by atoms with E-state index in [0.29, 0.717) is 0 Å². The summed E-state index contributed by atoms with van der Waals surface area (Å²) >= 11 is 0.